The number of esters is 1. The van der Waals surface area contributed by atoms with Gasteiger partial charge in [0.25, 0.3) is 0 Å². The summed E-state index contributed by atoms with van der Waals surface area (Å²) in [6.07, 6.45) is 3.86. The molecule has 120 valence electrons. The van der Waals surface area contributed by atoms with E-state index in [1.165, 1.54) is 0 Å². The monoisotopic (exact) mass is 300 g/mol. The zero-order chi connectivity index (χ0) is 15.8. The number of hydrogen-bond acceptors (Lipinski definition) is 4. The highest BCUT2D eigenvalue weighted by Crippen LogP contribution is 2.32. The van der Waals surface area contributed by atoms with Crippen molar-refractivity contribution >= 4 is 17.9 Å². The van der Waals surface area contributed by atoms with Gasteiger partial charge in [-0.1, -0.05) is 32.6 Å². The molecule has 0 radical (unpaired) electrons. The molecule has 0 bridgehead atoms. The van der Waals surface area contributed by atoms with Crippen molar-refractivity contribution in [1.29, 1.82) is 0 Å². The van der Waals surface area contributed by atoms with E-state index in [1.54, 1.807) is 0 Å². The molecular weight excluding hydrogens is 276 g/mol. The highest BCUT2D eigenvalue weighted by molar-refractivity contribution is 5.81. The van der Waals surface area contributed by atoms with E-state index in [4.69, 9.17) is 9.84 Å². The molecule has 0 spiro atoms. The van der Waals surface area contributed by atoms with Gasteiger partial charge in [-0.25, -0.2) is 0 Å². The second-order valence-electron chi connectivity index (χ2n) is 5.63. The standard InChI is InChI=1S/C15H24O6/c1-2-3-6-10(9-13(16)17)21-15(20)12-8-5-4-7-11(12)14(18)19/h10-12H,2-9H2,1H3,(H,16,17)(H,18,19). The summed E-state index contributed by atoms with van der Waals surface area (Å²) in [5, 5.41) is 18.0. The zero-order valence-corrected chi connectivity index (χ0v) is 12.4. The Hall–Kier alpha value is -1.59. The van der Waals surface area contributed by atoms with Gasteiger partial charge in [0.15, 0.2) is 0 Å². The van der Waals surface area contributed by atoms with Crippen LogP contribution in [0.3, 0.4) is 0 Å². The van der Waals surface area contributed by atoms with Crippen LogP contribution in [0.25, 0.3) is 0 Å². The summed E-state index contributed by atoms with van der Waals surface area (Å²) in [6.45, 7) is 1.97. The molecular formula is C15H24O6. The third-order valence-corrected chi connectivity index (χ3v) is 3.95. The summed E-state index contributed by atoms with van der Waals surface area (Å²) in [5.41, 5.74) is 0. The number of carboxylic acids is 2. The SMILES string of the molecule is CCCCC(CC(=O)O)OC(=O)C1CCCCC1C(=O)O. The maximum atomic E-state index is 12.2. The summed E-state index contributed by atoms with van der Waals surface area (Å²) >= 11 is 0. The molecule has 3 unspecified atom stereocenters. The largest absolute Gasteiger partial charge is 0.481 e. The lowest BCUT2D eigenvalue weighted by Crippen LogP contribution is -2.36. The number of carbonyl (C=O) groups is 3. The van der Waals surface area contributed by atoms with Crippen LogP contribution in [0, 0.1) is 11.8 Å². The highest BCUT2D eigenvalue weighted by Gasteiger charge is 2.37. The van der Waals surface area contributed by atoms with Gasteiger partial charge in [0, 0.05) is 0 Å². The van der Waals surface area contributed by atoms with Gasteiger partial charge in [0.2, 0.25) is 0 Å². The number of carboxylic acid groups (broad SMARTS) is 2. The van der Waals surface area contributed by atoms with Gasteiger partial charge >= 0.3 is 17.9 Å². The van der Waals surface area contributed by atoms with Crippen LogP contribution in [0.2, 0.25) is 0 Å². The first-order valence-electron chi connectivity index (χ1n) is 7.60. The molecule has 0 aromatic rings. The number of ether oxygens (including phenoxy) is 1. The summed E-state index contributed by atoms with van der Waals surface area (Å²) in [4.78, 5) is 34.2. The summed E-state index contributed by atoms with van der Waals surface area (Å²) in [7, 11) is 0. The highest BCUT2D eigenvalue weighted by atomic mass is 16.5. The lowest BCUT2D eigenvalue weighted by atomic mass is 9.79. The van der Waals surface area contributed by atoms with E-state index >= 15 is 0 Å². The minimum atomic E-state index is -1.01. The molecule has 6 heteroatoms. The molecule has 0 saturated heterocycles. The second kappa shape index (κ2) is 8.64. The molecule has 1 saturated carbocycles. The van der Waals surface area contributed by atoms with Gasteiger partial charge in [0.1, 0.15) is 6.10 Å². The molecule has 0 aromatic heterocycles. The molecule has 0 amide bonds. The lowest BCUT2D eigenvalue weighted by Gasteiger charge is -2.28. The molecule has 1 rings (SSSR count). The second-order valence-corrected chi connectivity index (χ2v) is 5.63. The number of rotatable bonds is 8. The summed E-state index contributed by atoms with van der Waals surface area (Å²) in [6, 6.07) is 0. The predicted octanol–water partition coefficient (Wildman–Crippen LogP) is 2.45. The van der Waals surface area contributed by atoms with Crippen LogP contribution in [0.5, 0.6) is 0 Å². The van der Waals surface area contributed by atoms with Crippen molar-refractivity contribution < 1.29 is 29.3 Å². The molecule has 3 atom stereocenters. The first-order chi connectivity index (χ1) is 9.95. The average Bonchev–Trinajstić information content (AvgIpc) is 2.44. The topological polar surface area (TPSA) is 101 Å². The fraction of sp³-hybridized carbons (Fsp3) is 0.800. The van der Waals surface area contributed by atoms with Gasteiger partial charge in [-0.3, -0.25) is 14.4 Å². The molecule has 1 aliphatic carbocycles. The molecule has 6 nitrogen and oxygen atoms in total. The van der Waals surface area contributed by atoms with Crippen LogP contribution in [-0.4, -0.2) is 34.2 Å². The summed E-state index contributed by atoms with van der Waals surface area (Å²) in [5.74, 6) is -3.89. The quantitative estimate of drug-likeness (QED) is 0.668. The van der Waals surface area contributed by atoms with Crippen molar-refractivity contribution in [2.75, 3.05) is 0 Å². The number of carbonyl (C=O) groups excluding carboxylic acids is 1. The summed E-state index contributed by atoms with van der Waals surface area (Å²) < 4.78 is 5.30. The van der Waals surface area contributed by atoms with E-state index in [0.717, 1.165) is 25.7 Å². The van der Waals surface area contributed by atoms with Gasteiger partial charge in [-0.15, -0.1) is 0 Å². The normalized spacial score (nSPS) is 23.3. The van der Waals surface area contributed by atoms with Gasteiger partial charge < -0.3 is 14.9 Å². The molecule has 21 heavy (non-hydrogen) atoms. The Morgan fingerprint density at radius 2 is 1.76 bits per heavy atom. The van der Waals surface area contributed by atoms with Gasteiger partial charge in [0.05, 0.1) is 18.3 Å². The fourth-order valence-electron chi connectivity index (χ4n) is 2.79. The molecule has 1 aliphatic rings. The van der Waals surface area contributed by atoms with E-state index in [1.807, 2.05) is 6.92 Å². The smallest absolute Gasteiger partial charge is 0.310 e. The van der Waals surface area contributed by atoms with Gasteiger partial charge in [-0.05, 0) is 19.3 Å². The van der Waals surface area contributed by atoms with Crippen molar-refractivity contribution in [3.63, 3.8) is 0 Å². The number of hydrogen-bond donors (Lipinski definition) is 2. The van der Waals surface area contributed by atoms with Crippen molar-refractivity contribution in [3.05, 3.63) is 0 Å². The van der Waals surface area contributed by atoms with Crippen molar-refractivity contribution in [2.24, 2.45) is 11.8 Å². The minimum absolute atomic E-state index is 0.226. The Balaban J connectivity index is 2.65. The van der Waals surface area contributed by atoms with Crippen molar-refractivity contribution in [3.8, 4) is 0 Å². The molecule has 1 fully saturated rings. The predicted molar refractivity (Wildman–Crippen MR) is 74.7 cm³/mol. The third-order valence-electron chi connectivity index (χ3n) is 3.95. The van der Waals surface area contributed by atoms with Crippen LogP contribution in [0.4, 0.5) is 0 Å². The van der Waals surface area contributed by atoms with E-state index in [2.05, 4.69) is 0 Å². The van der Waals surface area contributed by atoms with Crippen molar-refractivity contribution in [2.45, 2.75) is 64.4 Å². The Bertz CT molecular complexity index is 378. The van der Waals surface area contributed by atoms with Crippen LogP contribution < -0.4 is 0 Å². The number of aliphatic carboxylic acids is 2. The van der Waals surface area contributed by atoms with Gasteiger partial charge in [-0.2, -0.15) is 0 Å². The minimum Gasteiger partial charge on any atom is -0.481 e. The first-order valence-corrected chi connectivity index (χ1v) is 7.60. The Morgan fingerprint density at radius 3 is 2.29 bits per heavy atom. The third kappa shape index (κ3) is 5.73. The van der Waals surface area contributed by atoms with Crippen LogP contribution in [-0.2, 0) is 19.1 Å². The lowest BCUT2D eigenvalue weighted by molar-refractivity contribution is -0.165. The van der Waals surface area contributed by atoms with E-state index in [9.17, 15) is 19.5 Å². The molecule has 0 aromatic carbocycles. The Kier molecular flexibility index (Phi) is 7.19. The van der Waals surface area contributed by atoms with E-state index in [-0.39, 0.29) is 6.42 Å². The van der Waals surface area contributed by atoms with E-state index < -0.39 is 35.8 Å². The number of unbranched alkanes of at least 4 members (excludes halogenated alkanes) is 1. The molecule has 2 N–H and O–H groups in total. The van der Waals surface area contributed by atoms with Crippen LogP contribution >= 0.6 is 0 Å². The fourth-order valence-corrected chi connectivity index (χ4v) is 2.79. The van der Waals surface area contributed by atoms with Crippen LogP contribution in [0.15, 0.2) is 0 Å². The Morgan fingerprint density at radius 1 is 1.14 bits per heavy atom. The average molecular weight is 300 g/mol. The molecule has 0 heterocycles. The zero-order valence-electron chi connectivity index (χ0n) is 12.4. The van der Waals surface area contributed by atoms with Crippen molar-refractivity contribution in [1.82, 2.24) is 0 Å². The Labute approximate surface area is 124 Å². The van der Waals surface area contributed by atoms with E-state index in [0.29, 0.717) is 19.3 Å². The van der Waals surface area contributed by atoms with Crippen LogP contribution in [0.1, 0.15) is 58.3 Å². The molecule has 0 aliphatic heterocycles. The maximum Gasteiger partial charge on any atom is 0.310 e. The first kappa shape index (κ1) is 17.5. The maximum absolute atomic E-state index is 12.2.